The minimum atomic E-state index is -0.145. The van der Waals surface area contributed by atoms with Crippen LogP contribution in [0.25, 0.3) is 6.08 Å². The summed E-state index contributed by atoms with van der Waals surface area (Å²) in [5.74, 6) is -0.247. The molecule has 0 bridgehead atoms. The monoisotopic (exact) mass is 432 g/mol. The van der Waals surface area contributed by atoms with Crippen LogP contribution in [0.3, 0.4) is 0 Å². The van der Waals surface area contributed by atoms with Gasteiger partial charge in [-0.2, -0.15) is 0 Å². The molecule has 1 N–H and O–H groups in total. The molecule has 1 fully saturated rings. The van der Waals surface area contributed by atoms with Crippen molar-refractivity contribution >= 4 is 62.7 Å². The van der Waals surface area contributed by atoms with Gasteiger partial charge in [0.2, 0.25) is 11.0 Å². The molecule has 2 heterocycles. The number of nitrogens with one attached hydrogen (secondary N) is 1. The van der Waals surface area contributed by atoms with E-state index in [0.29, 0.717) is 27.3 Å². The fourth-order valence-corrected chi connectivity index (χ4v) is 4.54. The molecule has 3 rings (SSSR count). The highest BCUT2D eigenvalue weighted by atomic mass is 32.2. The lowest BCUT2D eigenvalue weighted by molar-refractivity contribution is -0.122. The van der Waals surface area contributed by atoms with Crippen molar-refractivity contribution in [2.45, 2.75) is 33.1 Å². The summed E-state index contributed by atoms with van der Waals surface area (Å²) in [6.45, 7) is 4.35. The zero-order valence-electron chi connectivity index (χ0n) is 15.6. The average Bonchev–Trinajstić information content (AvgIpc) is 3.19. The largest absolute Gasteiger partial charge is 0.301 e. The predicted molar refractivity (Wildman–Crippen MR) is 118 cm³/mol. The summed E-state index contributed by atoms with van der Waals surface area (Å²) in [5, 5.41) is 11.7. The maximum absolute atomic E-state index is 12.6. The first-order chi connectivity index (χ1) is 13.5. The van der Waals surface area contributed by atoms with Gasteiger partial charge >= 0.3 is 0 Å². The summed E-state index contributed by atoms with van der Waals surface area (Å²) >= 11 is 7.98. The Morgan fingerprint density at radius 2 is 2.04 bits per heavy atom. The van der Waals surface area contributed by atoms with Crippen molar-refractivity contribution in [1.82, 2.24) is 15.1 Å². The fourth-order valence-electron chi connectivity index (χ4n) is 2.62. The van der Waals surface area contributed by atoms with Gasteiger partial charge < -0.3 is 5.32 Å². The zero-order chi connectivity index (χ0) is 20.1. The smallest absolute Gasteiger partial charge is 0.266 e. The number of thioether (sulfide) groups is 1. The highest BCUT2D eigenvalue weighted by molar-refractivity contribution is 8.26. The van der Waals surface area contributed by atoms with Crippen LogP contribution in [0.2, 0.25) is 0 Å². The van der Waals surface area contributed by atoms with Gasteiger partial charge in [0.15, 0.2) is 0 Å². The fraction of sp³-hybridized carbons (Fsp3) is 0.316. The molecular weight excluding hydrogens is 412 g/mol. The number of benzene rings is 1. The molecule has 146 valence electrons. The molecule has 1 aliphatic heterocycles. The van der Waals surface area contributed by atoms with Gasteiger partial charge in [0.25, 0.3) is 5.91 Å². The van der Waals surface area contributed by atoms with Crippen LogP contribution >= 0.6 is 35.3 Å². The number of amides is 2. The number of carbonyl (C=O) groups excluding carboxylic acids is 2. The van der Waals surface area contributed by atoms with E-state index >= 15 is 0 Å². The van der Waals surface area contributed by atoms with Crippen molar-refractivity contribution in [2.75, 3.05) is 11.9 Å². The zero-order valence-corrected chi connectivity index (χ0v) is 18.0. The summed E-state index contributed by atoms with van der Waals surface area (Å²) in [4.78, 5) is 26.8. The highest BCUT2D eigenvalue weighted by Gasteiger charge is 2.31. The first-order valence-electron chi connectivity index (χ1n) is 8.90. The molecule has 2 amide bonds. The van der Waals surface area contributed by atoms with E-state index in [0.717, 1.165) is 17.0 Å². The second-order valence-corrected chi connectivity index (χ2v) is 9.06. The first kappa shape index (κ1) is 20.6. The number of aryl methyl sites for hydroxylation is 2. The molecule has 0 spiro atoms. The Hall–Kier alpha value is -2.10. The molecule has 1 aromatic carbocycles. The normalized spacial score (nSPS) is 15.5. The van der Waals surface area contributed by atoms with Gasteiger partial charge in [-0.05, 0) is 37.0 Å². The molecule has 28 heavy (non-hydrogen) atoms. The third-order valence-electron chi connectivity index (χ3n) is 4.12. The third kappa shape index (κ3) is 5.24. The van der Waals surface area contributed by atoms with Crippen molar-refractivity contribution in [1.29, 1.82) is 0 Å². The SMILES string of the molecule is CCc1ccc(/C=C2\SC(=S)N(CCCC(=O)Nc3nnc(C)s3)C2=O)cc1. The number of hydrogen-bond donors (Lipinski definition) is 1. The van der Waals surface area contributed by atoms with Crippen LogP contribution in [0.5, 0.6) is 0 Å². The lowest BCUT2D eigenvalue weighted by Gasteiger charge is -2.13. The minimum Gasteiger partial charge on any atom is -0.301 e. The van der Waals surface area contributed by atoms with Crippen LogP contribution in [0.4, 0.5) is 5.13 Å². The van der Waals surface area contributed by atoms with Gasteiger partial charge in [-0.1, -0.05) is 66.5 Å². The van der Waals surface area contributed by atoms with E-state index in [9.17, 15) is 9.59 Å². The Bertz CT molecular complexity index is 922. The minimum absolute atomic E-state index is 0.102. The van der Waals surface area contributed by atoms with Crippen LogP contribution in [-0.2, 0) is 16.0 Å². The molecule has 0 saturated carbocycles. The second kappa shape index (κ2) is 9.40. The van der Waals surface area contributed by atoms with Gasteiger partial charge in [-0.15, -0.1) is 10.2 Å². The Labute approximate surface area is 177 Å². The second-order valence-electron chi connectivity index (χ2n) is 6.21. The van der Waals surface area contributed by atoms with E-state index < -0.39 is 0 Å². The molecule has 1 saturated heterocycles. The molecule has 0 unspecified atom stereocenters. The molecule has 0 atom stereocenters. The standard InChI is InChI=1S/C19H20N4O2S3/c1-3-13-6-8-14(9-7-13)11-15-17(25)23(19(26)28-15)10-4-5-16(24)20-18-22-21-12(2)27-18/h6-9,11H,3-5,10H2,1-2H3,(H,20,22,24)/b15-11-. The number of anilines is 1. The van der Waals surface area contributed by atoms with Crippen LogP contribution in [0, 0.1) is 6.92 Å². The van der Waals surface area contributed by atoms with Gasteiger partial charge in [-0.3, -0.25) is 14.5 Å². The van der Waals surface area contributed by atoms with Crippen molar-refractivity contribution in [3.63, 3.8) is 0 Å². The van der Waals surface area contributed by atoms with Crippen molar-refractivity contribution < 1.29 is 9.59 Å². The summed E-state index contributed by atoms with van der Waals surface area (Å²) in [6.07, 6.45) is 3.65. The topological polar surface area (TPSA) is 75.2 Å². The molecule has 6 nitrogen and oxygen atoms in total. The van der Waals surface area contributed by atoms with E-state index in [1.807, 2.05) is 25.1 Å². The van der Waals surface area contributed by atoms with Gasteiger partial charge in [0.1, 0.15) is 9.33 Å². The Morgan fingerprint density at radius 3 is 2.68 bits per heavy atom. The van der Waals surface area contributed by atoms with Crippen LogP contribution in [-0.4, -0.2) is 37.8 Å². The number of thiocarbonyl (C=S) groups is 1. The van der Waals surface area contributed by atoms with Gasteiger partial charge in [0.05, 0.1) is 4.91 Å². The van der Waals surface area contributed by atoms with Crippen molar-refractivity contribution in [2.24, 2.45) is 0 Å². The van der Waals surface area contributed by atoms with Crippen LogP contribution in [0.15, 0.2) is 29.2 Å². The number of hydrogen-bond acceptors (Lipinski definition) is 7. The number of aromatic nitrogens is 2. The first-order valence-corrected chi connectivity index (χ1v) is 10.9. The molecule has 1 aromatic heterocycles. The molecular formula is C19H20N4O2S3. The lowest BCUT2D eigenvalue weighted by Crippen LogP contribution is -2.29. The van der Waals surface area contributed by atoms with Gasteiger partial charge in [-0.25, -0.2) is 0 Å². The number of rotatable bonds is 7. The Morgan fingerprint density at radius 1 is 1.29 bits per heavy atom. The number of carbonyl (C=O) groups is 2. The molecule has 9 heteroatoms. The van der Waals surface area contributed by atoms with Crippen LogP contribution in [0.1, 0.15) is 35.9 Å². The van der Waals surface area contributed by atoms with Crippen molar-refractivity contribution in [3.05, 3.63) is 45.3 Å². The van der Waals surface area contributed by atoms with E-state index in [4.69, 9.17) is 12.2 Å². The highest BCUT2D eigenvalue weighted by Crippen LogP contribution is 2.32. The lowest BCUT2D eigenvalue weighted by atomic mass is 10.1. The summed E-state index contributed by atoms with van der Waals surface area (Å²) in [7, 11) is 0. The van der Waals surface area contributed by atoms with E-state index in [1.54, 1.807) is 4.90 Å². The van der Waals surface area contributed by atoms with E-state index in [-0.39, 0.29) is 18.2 Å². The van der Waals surface area contributed by atoms with E-state index in [1.165, 1.54) is 28.7 Å². The maximum Gasteiger partial charge on any atom is 0.266 e. The molecule has 0 radical (unpaired) electrons. The molecule has 0 aliphatic carbocycles. The van der Waals surface area contributed by atoms with Crippen molar-refractivity contribution in [3.8, 4) is 0 Å². The summed E-state index contributed by atoms with van der Waals surface area (Å²) in [5.41, 5.74) is 2.23. The quantitative estimate of drug-likeness (QED) is 0.526. The molecule has 2 aromatic rings. The predicted octanol–water partition coefficient (Wildman–Crippen LogP) is 4.03. The average molecular weight is 433 g/mol. The van der Waals surface area contributed by atoms with Gasteiger partial charge in [0, 0.05) is 13.0 Å². The van der Waals surface area contributed by atoms with Crippen LogP contribution < -0.4 is 5.32 Å². The Balaban J connectivity index is 1.53. The molecule has 1 aliphatic rings. The third-order valence-corrected chi connectivity index (χ3v) is 6.25. The Kier molecular flexibility index (Phi) is 6.93. The summed E-state index contributed by atoms with van der Waals surface area (Å²) < 4.78 is 0.529. The summed E-state index contributed by atoms with van der Waals surface area (Å²) in [6, 6.07) is 8.13. The maximum atomic E-state index is 12.6. The number of nitrogens with zero attached hydrogens (tertiary/aromatic N) is 3. The van der Waals surface area contributed by atoms with E-state index in [2.05, 4.69) is 34.6 Å².